The maximum atomic E-state index is 12.4. The highest BCUT2D eigenvalue weighted by Crippen LogP contribution is 2.34. The summed E-state index contributed by atoms with van der Waals surface area (Å²) in [7, 11) is 0. The Morgan fingerprint density at radius 1 is 1.05 bits per heavy atom. The van der Waals surface area contributed by atoms with Crippen molar-refractivity contribution in [2.45, 2.75) is 26.9 Å². The third-order valence-electron chi connectivity index (χ3n) is 5.77. The molecule has 39 heavy (non-hydrogen) atoms. The molecule has 0 atom stereocenters. The smallest absolute Gasteiger partial charge is 0.259 e. The van der Waals surface area contributed by atoms with Gasteiger partial charge in [0.25, 0.3) is 11.8 Å². The van der Waals surface area contributed by atoms with E-state index in [0.29, 0.717) is 53.8 Å². The second kappa shape index (κ2) is 13.1. The fourth-order valence-electron chi connectivity index (χ4n) is 3.85. The average molecular weight is 530 g/mol. The van der Waals surface area contributed by atoms with Crippen molar-refractivity contribution < 1.29 is 28.5 Å². The molecule has 0 fully saturated rings. The van der Waals surface area contributed by atoms with E-state index in [1.54, 1.807) is 30.3 Å². The summed E-state index contributed by atoms with van der Waals surface area (Å²) in [4.78, 5) is 24.6. The third kappa shape index (κ3) is 7.38. The molecule has 1 aliphatic rings. The summed E-state index contributed by atoms with van der Waals surface area (Å²) in [6, 6.07) is 16.7. The number of nitrogens with one attached hydrogen (secondary N) is 2. The molecule has 0 saturated carbocycles. The predicted octanol–water partition coefficient (Wildman–Crippen LogP) is 4.31. The Labute approximate surface area is 227 Å². The maximum Gasteiger partial charge on any atom is 0.259 e. The number of amides is 2. The number of carbonyl (C=O) groups excluding carboxylic acids is 2. The van der Waals surface area contributed by atoms with Crippen molar-refractivity contribution in [2.75, 3.05) is 19.9 Å². The molecule has 1 aliphatic heterocycles. The molecule has 0 bridgehead atoms. The number of ether oxygens (including phenoxy) is 4. The molecular weight excluding hydrogens is 498 g/mol. The minimum absolute atomic E-state index is 0.116. The fourth-order valence-corrected chi connectivity index (χ4v) is 3.85. The molecule has 3 aromatic carbocycles. The lowest BCUT2D eigenvalue weighted by molar-refractivity contribution is -0.120. The zero-order valence-electron chi connectivity index (χ0n) is 22.0. The number of benzene rings is 3. The monoisotopic (exact) mass is 529 g/mol. The van der Waals surface area contributed by atoms with Crippen LogP contribution in [0.2, 0.25) is 0 Å². The van der Waals surface area contributed by atoms with Gasteiger partial charge in [-0.2, -0.15) is 5.10 Å². The van der Waals surface area contributed by atoms with Gasteiger partial charge in [-0.3, -0.25) is 9.59 Å². The summed E-state index contributed by atoms with van der Waals surface area (Å²) in [5.41, 5.74) is 6.61. The Morgan fingerprint density at radius 2 is 1.85 bits per heavy atom. The van der Waals surface area contributed by atoms with Crippen molar-refractivity contribution in [3.63, 3.8) is 0 Å². The van der Waals surface area contributed by atoms with E-state index < -0.39 is 11.8 Å². The van der Waals surface area contributed by atoms with Gasteiger partial charge in [-0.05, 0) is 61.7 Å². The van der Waals surface area contributed by atoms with E-state index in [4.69, 9.17) is 18.9 Å². The predicted molar refractivity (Wildman–Crippen MR) is 148 cm³/mol. The second-order valence-corrected chi connectivity index (χ2v) is 8.75. The van der Waals surface area contributed by atoms with Crippen molar-refractivity contribution >= 4 is 18.0 Å². The highest BCUT2D eigenvalue weighted by molar-refractivity contribution is 5.97. The highest BCUT2D eigenvalue weighted by Gasteiger charge is 2.17. The molecule has 0 aromatic heterocycles. The first-order valence-corrected chi connectivity index (χ1v) is 12.6. The Kier molecular flexibility index (Phi) is 9.18. The van der Waals surface area contributed by atoms with Crippen molar-refractivity contribution in [1.82, 2.24) is 10.7 Å². The molecule has 202 valence electrons. The first kappa shape index (κ1) is 27.3. The second-order valence-electron chi connectivity index (χ2n) is 8.75. The van der Waals surface area contributed by atoms with Gasteiger partial charge < -0.3 is 24.3 Å². The summed E-state index contributed by atoms with van der Waals surface area (Å²) in [6.07, 6.45) is 3.86. The number of fused-ring (bicyclic) bond motifs is 1. The number of hydrogen-bond donors (Lipinski definition) is 2. The van der Waals surface area contributed by atoms with E-state index in [1.807, 2.05) is 44.2 Å². The minimum Gasteiger partial charge on any atom is -0.490 e. The topological polar surface area (TPSA) is 107 Å². The van der Waals surface area contributed by atoms with E-state index in [2.05, 4.69) is 22.4 Å². The molecule has 0 aliphatic carbocycles. The van der Waals surface area contributed by atoms with Crippen LogP contribution >= 0.6 is 0 Å². The SMILES string of the molecule is C=CCc1cc(/C=N/NC(=O)CNC(=O)c2ccc3c(c2)OCO3)cc(OCC)c1OCc1ccc(C)cc1. The molecule has 9 nitrogen and oxygen atoms in total. The molecule has 2 N–H and O–H groups in total. The maximum absolute atomic E-state index is 12.4. The van der Waals surface area contributed by atoms with E-state index in [-0.39, 0.29) is 13.3 Å². The van der Waals surface area contributed by atoms with Gasteiger partial charge in [0.2, 0.25) is 6.79 Å². The van der Waals surface area contributed by atoms with Crippen LogP contribution in [0.4, 0.5) is 0 Å². The van der Waals surface area contributed by atoms with Gasteiger partial charge in [-0.15, -0.1) is 6.58 Å². The van der Waals surface area contributed by atoms with Crippen LogP contribution in [0, 0.1) is 6.92 Å². The first-order chi connectivity index (χ1) is 19.0. The number of hydrogen-bond acceptors (Lipinski definition) is 7. The van der Waals surface area contributed by atoms with Crippen molar-refractivity contribution in [3.8, 4) is 23.0 Å². The standard InChI is InChI=1S/C30H31N3O6/c1-4-6-23-13-22(14-27(36-5-2)29(23)37-18-21-9-7-20(3)8-10-21)16-32-33-28(34)17-31-30(35)24-11-12-25-26(15-24)39-19-38-25/h4,7-16H,1,5-6,17-19H2,2-3H3,(H,31,35)(H,33,34)/b32-16+. The van der Waals surface area contributed by atoms with Gasteiger partial charge in [0.05, 0.1) is 19.4 Å². The van der Waals surface area contributed by atoms with Gasteiger partial charge in [-0.25, -0.2) is 5.43 Å². The van der Waals surface area contributed by atoms with Crippen LogP contribution in [0.15, 0.2) is 72.4 Å². The van der Waals surface area contributed by atoms with E-state index >= 15 is 0 Å². The number of aryl methyl sites for hydroxylation is 1. The molecule has 4 rings (SSSR count). The normalized spacial score (nSPS) is 11.7. The minimum atomic E-state index is -0.477. The number of rotatable bonds is 12. The summed E-state index contributed by atoms with van der Waals surface area (Å²) >= 11 is 0. The lowest BCUT2D eigenvalue weighted by Gasteiger charge is -2.17. The molecule has 0 unspecified atom stereocenters. The van der Waals surface area contributed by atoms with Gasteiger partial charge in [0.1, 0.15) is 6.61 Å². The van der Waals surface area contributed by atoms with E-state index in [1.165, 1.54) is 11.8 Å². The molecule has 0 saturated heterocycles. The Hall–Kier alpha value is -4.79. The Morgan fingerprint density at radius 3 is 2.62 bits per heavy atom. The van der Waals surface area contributed by atoms with Gasteiger partial charge in [0, 0.05) is 11.1 Å². The molecule has 0 radical (unpaired) electrons. The quantitative estimate of drug-likeness (QED) is 0.206. The molecule has 1 heterocycles. The number of allylic oxidation sites excluding steroid dienone is 1. The first-order valence-electron chi connectivity index (χ1n) is 12.6. The number of hydrazone groups is 1. The van der Waals surface area contributed by atoms with Crippen LogP contribution in [0.3, 0.4) is 0 Å². The lowest BCUT2D eigenvalue weighted by Crippen LogP contribution is -2.34. The van der Waals surface area contributed by atoms with Crippen LogP contribution in [0.25, 0.3) is 0 Å². The van der Waals surface area contributed by atoms with Gasteiger partial charge >= 0.3 is 0 Å². The summed E-state index contributed by atoms with van der Waals surface area (Å²) in [6.45, 7) is 8.51. The van der Waals surface area contributed by atoms with Crippen LogP contribution in [-0.2, 0) is 17.8 Å². The van der Waals surface area contributed by atoms with Crippen molar-refractivity contribution in [1.29, 1.82) is 0 Å². The number of carbonyl (C=O) groups is 2. The van der Waals surface area contributed by atoms with Crippen molar-refractivity contribution in [2.24, 2.45) is 5.10 Å². The number of nitrogens with zero attached hydrogens (tertiary/aromatic N) is 1. The molecule has 0 spiro atoms. The lowest BCUT2D eigenvalue weighted by atomic mass is 10.1. The van der Waals surface area contributed by atoms with Crippen LogP contribution < -0.4 is 29.7 Å². The average Bonchev–Trinajstić information content (AvgIpc) is 3.41. The summed E-state index contributed by atoms with van der Waals surface area (Å²) < 4.78 is 22.6. The summed E-state index contributed by atoms with van der Waals surface area (Å²) in [5, 5.41) is 6.60. The van der Waals surface area contributed by atoms with Crippen LogP contribution in [0.1, 0.15) is 39.5 Å². The molecule has 9 heteroatoms. The Balaban J connectivity index is 1.37. The zero-order valence-corrected chi connectivity index (χ0v) is 22.0. The fraction of sp³-hybridized carbons (Fsp3) is 0.233. The van der Waals surface area contributed by atoms with E-state index in [9.17, 15) is 9.59 Å². The van der Waals surface area contributed by atoms with Crippen LogP contribution in [0.5, 0.6) is 23.0 Å². The van der Waals surface area contributed by atoms with Gasteiger partial charge in [0.15, 0.2) is 23.0 Å². The van der Waals surface area contributed by atoms with E-state index in [0.717, 1.165) is 11.1 Å². The summed E-state index contributed by atoms with van der Waals surface area (Å²) in [5.74, 6) is 1.40. The molecule has 2 amide bonds. The van der Waals surface area contributed by atoms with Crippen molar-refractivity contribution in [3.05, 3.63) is 95.1 Å². The Bertz CT molecular complexity index is 1370. The molecular formula is C30H31N3O6. The third-order valence-corrected chi connectivity index (χ3v) is 5.77. The largest absolute Gasteiger partial charge is 0.490 e. The zero-order chi connectivity index (χ0) is 27.6. The van der Waals surface area contributed by atoms with Crippen LogP contribution in [-0.4, -0.2) is 38.0 Å². The molecule has 3 aromatic rings. The highest BCUT2D eigenvalue weighted by atomic mass is 16.7. The van der Waals surface area contributed by atoms with Gasteiger partial charge in [-0.1, -0.05) is 35.9 Å².